The number of likely N-dealkylation sites (tertiary alicyclic amines) is 1. The van der Waals surface area contributed by atoms with Gasteiger partial charge in [0.05, 0.1) is 17.2 Å². The van der Waals surface area contributed by atoms with Crippen molar-refractivity contribution in [3.8, 4) is 6.07 Å². The fourth-order valence-corrected chi connectivity index (χ4v) is 4.29. The van der Waals surface area contributed by atoms with Crippen molar-refractivity contribution in [2.24, 2.45) is 5.92 Å². The molecule has 0 aliphatic carbocycles. The number of carbonyl (C=O) groups excluding carboxylic acids is 2. The lowest BCUT2D eigenvalue weighted by Crippen LogP contribution is -2.40. The first-order valence-electron chi connectivity index (χ1n) is 11.1. The normalized spacial score (nSPS) is 14.0. The van der Waals surface area contributed by atoms with Crippen LogP contribution in [-0.4, -0.2) is 29.7 Å². The second-order valence-corrected chi connectivity index (χ2v) is 8.35. The number of hydrogen-bond donors (Lipinski definition) is 0. The quantitative estimate of drug-likeness (QED) is 0.573. The molecule has 4 nitrogen and oxygen atoms in total. The van der Waals surface area contributed by atoms with Gasteiger partial charge in [0.1, 0.15) is 5.78 Å². The molecule has 0 radical (unpaired) electrons. The van der Waals surface area contributed by atoms with Crippen molar-refractivity contribution >= 4 is 11.7 Å². The van der Waals surface area contributed by atoms with Gasteiger partial charge in [-0.05, 0) is 48.1 Å². The predicted octanol–water partition coefficient (Wildman–Crippen LogP) is 4.81. The van der Waals surface area contributed by atoms with Gasteiger partial charge in [0, 0.05) is 25.4 Å². The molecule has 0 unspecified atom stereocenters. The molecule has 1 saturated heterocycles. The average Bonchev–Trinajstić information content (AvgIpc) is 2.85. The van der Waals surface area contributed by atoms with Gasteiger partial charge in [-0.15, -0.1) is 0 Å². The Morgan fingerprint density at radius 2 is 1.41 bits per heavy atom. The van der Waals surface area contributed by atoms with Crippen LogP contribution in [0, 0.1) is 17.2 Å². The zero-order valence-electron chi connectivity index (χ0n) is 18.0. The molecule has 3 aromatic carbocycles. The highest BCUT2D eigenvalue weighted by molar-refractivity contribution is 5.96. The molecule has 1 heterocycles. The first kappa shape index (κ1) is 21.5. The summed E-state index contributed by atoms with van der Waals surface area (Å²) in [5, 5.41) is 9.25. The number of ketones is 1. The van der Waals surface area contributed by atoms with Crippen molar-refractivity contribution in [3.05, 3.63) is 107 Å². The summed E-state index contributed by atoms with van der Waals surface area (Å²) < 4.78 is 0. The van der Waals surface area contributed by atoms with Gasteiger partial charge < -0.3 is 4.90 Å². The maximum atomic E-state index is 12.8. The third kappa shape index (κ3) is 5.12. The van der Waals surface area contributed by atoms with Crippen LogP contribution < -0.4 is 0 Å². The monoisotopic (exact) mass is 422 g/mol. The van der Waals surface area contributed by atoms with E-state index in [9.17, 15) is 14.9 Å². The fraction of sp³-hybridized carbons (Fsp3) is 0.250. The Labute approximate surface area is 189 Å². The van der Waals surface area contributed by atoms with Gasteiger partial charge in [0.2, 0.25) is 0 Å². The minimum Gasteiger partial charge on any atom is -0.339 e. The van der Waals surface area contributed by atoms with Gasteiger partial charge in [0.15, 0.2) is 0 Å². The number of piperidine rings is 1. The summed E-state index contributed by atoms with van der Waals surface area (Å²) >= 11 is 0. The number of hydrogen-bond acceptors (Lipinski definition) is 3. The predicted molar refractivity (Wildman–Crippen MR) is 124 cm³/mol. The minimum absolute atomic E-state index is 0.0192. The number of benzene rings is 3. The van der Waals surface area contributed by atoms with Gasteiger partial charge in [0.25, 0.3) is 5.91 Å². The van der Waals surface area contributed by atoms with Crippen LogP contribution >= 0.6 is 0 Å². The highest BCUT2D eigenvalue weighted by Crippen LogP contribution is 2.23. The standard InChI is InChI=1S/C28H26N2O2/c29-20-25-8-4-5-9-26(25)28(32)30-16-14-24(15-17-30)27(31)19-23-12-10-22(11-13-23)18-21-6-2-1-3-7-21/h1-13,24H,14-19H2. The summed E-state index contributed by atoms with van der Waals surface area (Å²) in [6, 6.07) is 27.6. The highest BCUT2D eigenvalue weighted by Gasteiger charge is 2.28. The molecule has 32 heavy (non-hydrogen) atoms. The summed E-state index contributed by atoms with van der Waals surface area (Å²) in [7, 11) is 0. The topological polar surface area (TPSA) is 61.2 Å². The molecule has 1 amide bonds. The van der Waals surface area contributed by atoms with Crippen LogP contribution in [0.2, 0.25) is 0 Å². The Morgan fingerprint density at radius 1 is 0.812 bits per heavy atom. The number of amides is 1. The number of carbonyl (C=O) groups is 2. The highest BCUT2D eigenvalue weighted by atomic mass is 16.2. The number of nitrogens with zero attached hydrogens (tertiary/aromatic N) is 2. The molecular formula is C28H26N2O2. The third-order valence-corrected chi connectivity index (χ3v) is 6.17. The van der Waals surface area contributed by atoms with Crippen LogP contribution in [0.25, 0.3) is 0 Å². The van der Waals surface area contributed by atoms with E-state index < -0.39 is 0 Å². The molecule has 4 rings (SSSR count). The van der Waals surface area contributed by atoms with Crippen molar-refractivity contribution in [1.82, 2.24) is 4.90 Å². The molecular weight excluding hydrogens is 396 g/mol. The summed E-state index contributed by atoms with van der Waals surface area (Å²) in [5.41, 5.74) is 4.38. The molecule has 160 valence electrons. The zero-order chi connectivity index (χ0) is 22.3. The van der Waals surface area contributed by atoms with Gasteiger partial charge >= 0.3 is 0 Å². The van der Waals surface area contributed by atoms with Crippen LogP contribution in [0.15, 0.2) is 78.9 Å². The number of nitriles is 1. The first-order valence-corrected chi connectivity index (χ1v) is 11.1. The molecule has 0 spiro atoms. The summed E-state index contributed by atoms with van der Waals surface area (Å²) in [6.07, 6.45) is 2.66. The van der Waals surface area contributed by atoms with E-state index in [4.69, 9.17) is 0 Å². The van der Waals surface area contributed by atoms with Gasteiger partial charge in [-0.25, -0.2) is 0 Å². The molecule has 1 aliphatic rings. The minimum atomic E-state index is -0.123. The maximum absolute atomic E-state index is 12.8. The van der Waals surface area contributed by atoms with Gasteiger partial charge in [-0.2, -0.15) is 5.26 Å². The van der Waals surface area contributed by atoms with E-state index in [2.05, 4.69) is 30.3 Å². The Hall–Kier alpha value is -3.71. The Morgan fingerprint density at radius 3 is 2.09 bits per heavy atom. The van der Waals surface area contributed by atoms with E-state index in [1.54, 1.807) is 29.2 Å². The summed E-state index contributed by atoms with van der Waals surface area (Å²) in [5.74, 6) is 0.0987. The Bertz CT molecular complexity index is 1120. The SMILES string of the molecule is N#Cc1ccccc1C(=O)N1CCC(C(=O)Cc2ccc(Cc3ccccc3)cc2)CC1. The van der Waals surface area contributed by atoms with E-state index in [-0.39, 0.29) is 17.6 Å². The van der Waals surface area contributed by atoms with E-state index in [1.165, 1.54) is 11.1 Å². The smallest absolute Gasteiger partial charge is 0.255 e. The number of rotatable bonds is 6. The fourth-order valence-electron chi connectivity index (χ4n) is 4.29. The van der Waals surface area contributed by atoms with Crippen molar-refractivity contribution < 1.29 is 9.59 Å². The molecule has 0 bridgehead atoms. The largest absolute Gasteiger partial charge is 0.339 e. The molecule has 0 saturated carbocycles. The van der Waals surface area contributed by atoms with Crippen molar-refractivity contribution in [1.29, 1.82) is 5.26 Å². The second-order valence-electron chi connectivity index (χ2n) is 8.35. The van der Waals surface area contributed by atoms with Crippen molar-refractivity contribution in [3.63, 3.8) is 0 Å². The van der Waals surface area contributed by atoms with Gasteiger partial charge in [-0.3, -0.25) is 9.59 Å². The summed E-state index contributed by atoms with van der Waals surface area (Å²) in [4.78, 5) is 27.4. The molecule has 1 aliphatic heterocycles. The average molecular weight is 423 g/mol. The van der Waals surface area contributed by atoms with Crippen molar-refractivity contribution in [2.75, 3.05) is 13.1 Å². The lowest BCUT2D eigenvalue weighted by Gasteiger charge is -2.31. The molecule has 0 atom stereocenters. The van der Waals surface area contributed by atoms with Crippen LogP contribution in [0.3, 0.4) is 0 Å². The Kier molecular flexibility index (Phi) is 6.77. The lowest BCUT2D eigenvalue weighted by atomic mass is 9.88. The molecule has 1 fully saturated rings. The lowest BCUT2D eigenvalue weighted by molar-refractivity contribution is -0.123. The number of Topliss-reactive ketones (excluding diaryl/α,β-unsaturated/α-hetero) is 1. The zero-order valence-corrected chi connectivity index (χ0v) is 18.0. The molecule has 0 aromatic heterocycles. The molecule has 4 heteroatoms. The van der Waals surface area contributed by atoms with Crippen LogP contribution in [0.5, 0.6) is 0 Å². The van der Waals surface area contributed by atoms with E-state index in [0.29, 0.717) is 43.5 Å². The van der Waals surface area contributed by atoms with Gasteiger partial charge in [-0.1, -0.05) is 66.7 Å². The first-order chi connectivity index (χ1) is 15.6. The second kappa shape index (κ2) is 10.1. The molecule has 3 aromatic rings. The van der Waals surface area contributed by atoms with E-state index in [0.717, 1.165) is 12.0 Å². The van der Waals surface area contributed by atoms with Crippen LogP contribution in [0.4, 0.5) is 0 Å². The van der Waals surface area contributed by atoms with E-state index >= 15 is 0 Å². The van der Waals surface area contributed by atoms with Crippen LogP contribution in [-0.2, 0) is 17.6 Å². The molecule has 0 N–H and O–H groups in total. The maximum Gasteiger partial charge on any atom is 0.255 e. The van der Waals surface area contributed by atoms with Crippen molar-refractivity contribution in [2.45, 2.75) is 25.7 Å². The Balaban J connectivity index is 1.30. The van der Waals surface area contributed by atoms with Crippen LogP contribution in [0.1, 0.15) is 45.5 Å². The van der Waals surface area contributed by atoms with E-state index in [1.807, 2.05) is 30.3 Å². The third-order valence-electron chi connectivity index (χ3n) is 6.17. The summed E-state index contributed by atoms with van der Waals surface area (Å²) in [6.45, 7) is 1.09.